The monoisotopic (exact) mass is 326 g/mol. The minimum Gasteiger partial charge on any atom is -0.447 e. The van der Waals surface area contributed by atoms with E-state index in [0.29, 0.717) is 26.4 Å². The van der Waals surface area contributed by atoms with Crippen LogP contribution in [0.3, 0.4) is 0 Å². The van der Waals surface area contributed by atoms with Gasteiger partial charge in [-0.15, -0.1) is 0 Å². The minimum atomic E-state index is -4.86. The smallest absolute Gasteiger partial charge is 0.447 e. The minimum absolute atomic E-state index is 0. The summed E-state index contributed by atoms with van der Waals surface area (Å²) in [6, 6.07) is 0. The molecule has 9 heteroatoms. The van der Waals surface area contributed by atoms with Crippen LogP contribution in [0.5, 0.6) is 0 Å². The molecular formula is C11H23BF3KO4. The Labute approximate surface area is 161 Å². The second-order valence-corrected chi connectivity index (χ2v) is 3.98. The summed E-state index contributed by atoms with van der Waals surface area (Å²) in [5.41, 5.74) is 0. The number of ether oxygens (including phenoxy) is 4. The van der Waals surface area contributed by atoms with Crippen molar-refractivity contribution in [1.82, 2.24) is 0 Å². The van der Waals surface area contributed by atoms with Gasteiger partial charge in [-0.25, -0.2) is 0 Å². The van der Waals surface area contributed by atoms with E-state index in [1.807, 2.05) is 0 Å². The molecule has 0 heterocycles. The topological polar surface area (TPSA) is 36.9 Å². The average Bonchev–Trinajstić information content (AvgIpc) is 2.34. The Morgan fingerprint density at radius 3 is 1.50 bits per heavy atom. The quantitative estimate of drug-likeness (QED) is 0.311. The zero-order valence-corrected chi connectivity index (χ0v) is 15.5. The number of unbranched alkanes of at least 4 members (excludes halogenated alkanes) is 1. The van der Waals surface area contributed by atoms with Gasteiger partial charge >= 0.3 is 58.4 Å². The Balaban J connectivity index is 0. The Bertz CT molecular complexity index is 199. The van der Waals surface area contributed by atoms with Crippen LogP contribution in [0, 0.1) is 0 Å². The molecule has 0 fully saturated rings. The summed E-state index contributed by atoms with van der Waals surface area (Å²) in [6.45, 7) is -1.31. The van der Waals surface area contributed by atoms with Crippen LogP contribution in [0.15, 0.2) is 0 Å². The van der Waals surface area contributed by atoms with Gasteiger partial charge in [-0.05, 0) is 6.42 Å². The van der Waals surface area contributed by atoms with Crippen LogP contribution in [0.4, 0.5) is 12.9 Å². The first-order valence-corrected chi connectivity index (χ1v) is 6.58. The van der Waals surface area contributed by atoms with Gasteiger partial charge in [-0.2, -0.15) is 0 Å². The van der Waals surface area contributed by atoms with Gasteiger partial charge in [0.2, 0.25) is 0 Å². The summed E-state index contributed by atoms with van der Waals surface area (Å²) in [4.78, 5) is 0. The van der Waals surface area contributed by atoms with E-state index >= 15 is 0 Å². The summed E-state index contributed by atoms with van der Waals surface area (Å²) >= 11 is 0. The molecule has 0 saturated heterocycles. The number of rotatable bonds is 14. The first-order valence-electron chi connectivity index (χ1n) is 6.58. The third-order valence-corrected chi connectivity index (χ3v) is 2.07. The van der Waals surface area contributed by atoms with Crippen molar-refractivity contribution in [1.29, 1.82) is 0 Å². The van der Waals surface area contributed by atoms with E-state index in [4.69, 9.17) is 14.2 Å². The van der Waals surface area contributed by atoms with E-state index in [-0.39, 0.29) is 64.6 Å². The van der Waals surface area contributed by atoms with Crippen LogP contribution in [0.2, 0.25) is 0 Å². The average molecular weight is 326 g/mol. The Morgan fingerprint density at radius 1 is 0.700 bits per heavy atom. The zero-order chi connectivity index (χ0) is 14.4. The van der Waals surface area contributed by atoms with Crippen LogP contribution < -0.4 is 51.4 Å². The van der Waals surface area contributed by atoms with Crippen molar-refractivity contribution in [2.45, 2.75) is 19.8 Å². The summed E-state index contributed by atoms with van der Waals surface area (Å²) in [5.74, 6) is 0. The third kappa shape index (κ3) is 21.6. The van der Waals surface area contributed by atoms with Gasteiger partial charge in [0.1, 0.15) is 0 Å². The van der Waals surface area contributed by atoms with Gasteiger partial charge in [-0.3, -0.25) is 0 Å². The Hall–Kier alpha value is 1.33. The van der Waals surface area contributed by atoms with Gasteiger partial charge in [0.15, 0.2) is 0 Å². The standard InChI is InChI=1S/C11H23BF3O4.K/c1-2-3-4-16-5-6-17-7-8-18-9-10-19-11-12(13,14)15;/h2-11H2,1H3;/q-1;+1. The molecule has 0 bridgehead atoms. The van der Waals surface area contributed by atoms with Gasteiger partial charge in [0, 0.05) is 13.1 Å². The van der Waals surface area contributed by atoms with E-state index in [0.717, 1.165) is 19.4 Å². The molecule has 4 nitrogen and oxygen atoms in total. The van der Waals surface area contributed by atoms with Crippen molar-refractivity contribution in [3.63, 3.8) is 0 Å². The van der Waals surface area contributed by atoms with Crippen LogP contribution in [-0.2, 0) is 18.9 Å². The summed E-state index contributed by atoms with van der Waals surface area (Å²) in [6.07, 6.45) is 2.15. The molecule has 0 N–H and O–H groups in total. The third-order valence-electron chi connectivity index (χ3n) is 2.07. The maximum absolute atomic E-state index is 11.7. The van der Waals surface area contributed by atoms with Crippen molar-refractivity contribution in [3.05, 3.63) is 0 Å². The SMILES string of the molecule is CCCCOCCOCCOCCOC[B-](F)(F)F.[K+]. The largest absolute Gasteiger partial charge is 1.00 e. The molecule has 0 rings (SSSR count). The van der Waals surface area contributed by atoms with Crippen LogP contribution in [-0.4, -0.2) is 59.7 Å². The maximum Gasteiger partial charge on any atom is 1.00 e. The predicted octanol–water partition coefficient (Wildman–Crippen LogP) is -0.756. The molecule has 0 spiro atoms. The van der Waals surface area contributed by atoms with Crippen molar-refractivity contribution in [3.8, 4) is 0 Å². The molecule has 0 aliphatic rings. The molecule has 0 radical (unpaired) electrons. The fourth-order valence-corrected chi connectivity index (χ4v) is 1.12. The fraction of sp³-hybridized carbons (Fsp3) is 1.00. The van der Waals surface area contributed by atoms with Crippen LogP contribution >= 0.6 is 0 Å². The van der Waals surface area contributed by atoms with E-state index in [9.17, 15) is 12.9 Å². The number of halogens is 3. The predicted molar refractivity (Wildman–Crippen MR) is 67.3 cm³/mol. The van der Waals surface area contributed by atoms with Gasteiger partial charge < -0.3 is 31.9 Å². The van der Waals surface area contributed by atoms with E-state index in [1.165, 1.54) is 0 Å². The van der Waals surface area contributed by atoms with Gasteiger partial charge in [0.05, 0.1) is 39.6 Å². The summed E-state index contributed by atoms with van der Waals surface area (Å²) in [5, 5.41) is 0. The first-order chi connectivity index (χ1) is 9.06. The van der Waals surface area contributed by atoms with Crippen molar-refractivity contribution in [2.24, 2.45) is 0 Å². The molecule has 0 saturated carbocycles. The number of hydrogen-bond acceptors (Lipinski definition) is 4. The maximum atomic E-state index is 11.7. The Kier molecular flexibility index (Phi) is 19.7. The molecule has 0 aromatic carbocycles. The second-order valence-electron chi connectivity index (χ2n) is 3.98. The normalized spacial score (nSPS) is 11.4. The molecule has 0 aromatic heterocycles. The van der Waals surface area contributed by atoms with Crippen molar-refractivity contribution in [2.75, 3.05) is 52.8 Å². The van der Waals surface area contributed by atoms with Gasteiger partial charge in [-0.1, -0.05) is 13.3 Å². The molecule has 0 unspecified atom stereocenters. The Morgan fingerprint density at radius 2 is 1.10 bits per heavy atom. The number of hydrogen-bond donors (Lipinski definition) is 0. The van der Waals surface area contributed by atoms with Crippen molar-refractivity contribution >= 4 is 6.98 Å². The zero-order valence-electron chi connectivity index (χ0n) is 12.4. The molecule has 20 heavy (non-hydrogen) atoms. The molecule has 0 atom stereocenters. The molecule has 116 valence electrons. The van der Waals surface area contributed by atoms with Crippen LogP contribution in [0.1, 0.15) is 19.8 Å². The van der Waals surface area contributed by atoms with Crippen molar-refractivity contribution < 1.29 is 83.3 Å². The van der Waals surface area contributed by atoms with E-state index in [1.54, 1.807) is 0 Å². The van der Waals surface area contributed by atoms with E-state index in [2.05, 4.69) is 11.7 Å². The molecular weight excluding hydrogens is 303 g/mol. The molecule has 0 aliphatic carbocycles. The molecule has 0 aliphatic heterocycles. The van der Waals surface area contributed by atoms with Crippen LogP contribution in [0.25, 0.3) is 0 Å². The summed E-state index contributed by atoms with van der Waals surface area (Å²) in [7, 11) is 0. The fourth-order valence-electron chi connectivity index (χ4n) is 1.12. The van der Waals surface area contributed by atoms with E-state index < -0.39 is 13.5 Å². The summed E-state index contributed by atoms with van der Waals surface area (Å²) < 4.78 is 55.2. The second kappa shape index (κ2) is 16.7. The molecule has 0 amide bonds. The molecule has 0 aromatic rings. The van der Waals surface area contributed by atoms with Gasteiger partial charge in [0.25, 0.3) is 0 Å². The first kappa shape index (κ1) is 23.6.